The summed E-state index contributed by atoms with van der Waals surface area (Å²) in [5.74, 6) is 0.906. The molecule has 0 aliphatic heterocycles. The topological polar surface area (TPSA) is 29.9 Å². The summed E-state index contributed by atoms with van der Waals surface area (Å²) in [5.41, 5.74) is 1.30. The van der Waals surface area contributed by atoms with Gasteiger partial charge in [0.05, 0.1) is 6.20 Å². The predicted molar refractivity (Wildman–Crippen MR) is 66.3 cm³/mol. The number of aromatic nitrogens is 2. The highest BCUT2D eigenvalue weighted by Gasteiger charge is 2.26. The Morgan fingerprint density at radius 3 is 2.56 bits per heavy atom. The molecule has 1 unspecified atom stereocenters. The molecule has 0 saturated heterocycles. The fourth-order valence-corrected chi connectivity index (χ4v) is 2.35. The lowest BCUT2D eigenvalue weighted by atomic mass is 9.81. The Labute approximate surface area is 98.2 Å². The Bertz CT molecular complexity index is 337. The molecule has 1 aliphatic carbocycles. The second-order valence-corrected chi connectivity index (χ2v) is 5.51. The first-order chi connectivity index (χ1) is 7.56. The van der Waals surface area contributed by atoms with Crippen LogP contribution in [0, 0.1) is 5.92 Å². The molecule has 2 rings (SSSR count). The molecule has 0 aromatic carbocycles. The largest absolute Gasteiger partial charge is 0.307 e. The van der Waals surface area contributed by atoms with E-state index in [9.17, 15) is 0 Å². The lowest BCUT2D eigenvalue weighted by Gasteiger charge is -2.35. The summed E-state index contributed by atoms with van der Waals surface area (Å²) >= 11 is 0. The summed E-state index contributed by atoms with van der Waals surface area (Å²) < 4.78 is 2.02. The molecule has 1 atom stereocenters. The lowest BCUT2D eigenvalue weighted by Crippen LogP contribution is -2.41. The van der Waals surface area contributed by atoms with Crippen molar-refractivity contribution >= 4 is 0 Å². The first kappa shape index (κ1) is 11.6. The molecule has 90 valence electrons. The van der Waals surface area contributed by atoms with Gasteiger partial charge in [-0.15, -0.1) is 0 Å². The van der Waals surface area contributed by atoms with E-state index < -0.39 is 0 Å². The van der Waals surface area contributed by atoms with Gasteiger partial charge in [0.15, 0.2) is 0 Å². The normalized spacial score (nSPS) is 26.8. The average Bonchev–Trinajstić information content (AvgIpc) is 2.63. The Morgan fingerprint density at radius 1 is 1.38 bits per heavy atom. The predicted octanol–water partition coefficient (Wildman–Crippen LogP) is 2.91. The second-order valence-electron chi connectivity index (χ2n) is 5.51. The van der Waals surface area contributed by atoms with Gasteiger partial charge in [0.1, 0.15) is 0 Å². The van der Waals surface area contributed by atoms with Crippen LogP contribution in [0.2, 0.25) is 0 Å². The zero-order chi connectivity index (χ0) is 11.7. The minimum Gasteiger partial charge on any atom is -0.307 e. The van der Waals surface area contributed by atoms with Gasteiger partial charge < -0.3 is 5.32 Å². The Morgan fingerprint density at radius 2 is 2.06 bits per heavy atom. The number of hydrogen-bond acceptors (Lipinski definition) is 2. The molecule has 1 heterocycles. The van der Waals surface area contributed by atoms with E-state index in [1.54, 1.807) is 0 Å². The molecule has 1 N–H and O–H groups in total. The van der Waals surface area contributed by atoms with E-state index in [0.717, 1.165) is 5.92 Å². The average molecular weight is 221 g/mol. The van der Waals surface area contributed by atoms with Crippen molar-refractivity contribution < 1.29 is 0 Å². The summed E-state index contributed by atoms with van der Waals surface area (Å²) in [4.78, 5) is 0. The van der Waals surface area contributed by atoms with Crippen molar-refractivity contribution in [2.24, 2.45) is 5.92 Å². The van der Waals surface area contributed by atoms with Crippen LogP contribution in [0.3, 0.4) is 0 Å². The SMILES string of the molecule is CC1CC(NC(C)c2cnn(C(C)C)c2)C1. The van der Waals surface area contributed by atoms with Crippen LogP contribution < -0.4 is 5.32 Å². The van der Waals surface area contributed by atoms with Crippen LogP contribution >= 0.6 is 0 Å². The third kappa shape index (κ3) is 2.46. The van der Waals surface area contributed by atoms with Crippen LogP contribution in [0.1, 0.15) is 58.2 Å². The fourth-order valence-electron chi connectivity index (χ4n) is 2.35. The van der Waals surface area contributed by atoms with E-state index in [-0.39, 0.29) is 0 Å². The van der Waals surface area contributed by atoms with Crippen molar-refractivity contribution in [3.8, 4) is 0 Å². The third-order valence-corrected chi connectivity index (χ3v) is 3.51. The van der Waals surface area contributed by atoms with Crippen LogP contribution in [-0.2, 0) is 0 Å². The number of hydrogen-bond donors (Lipinski definition) is 1. The zero-order valence-electron chi connectivity index (χ0n) is 10.8. The van der Waals surface area contributed by atoms with Crippen molar-refractivity contribution in [1.82, 2.24) is 15.1 Å². The van der Waals surface area contributed by atoms with Gasteiger partial charge in [-0.3, -0.25) is 4.68 Å². The smallest absolute Gasteiger partial charge is 0.0537 e. The molecule has 1 aromatic rings. The van der Waals surface area contributed by atoms with Gasteiger partial charge in [0, 0.05) is 29.9 Å². The molecule has 1 aromatic heterocycles. The molecular formula is C13H23N3. The molecule has 16 heavy (non-hydrogen) atoms. The van der Waals surface area contributed by atoms with Gasteiger partial charge in [-0.05, 0) is 39.5 Å². The van der Waals surface area contributed by atoms with Crippen molar-refractivity contribution in [3.05, 3.63) is 18.0 Å². The van der Waals surface area contributed by atoms with E-state index in [4.69, 9.17) is 0 Å². The van der Waals surface area contributed by atoms with Crippen LogP contribution in [0.4, 0.5) is 0 Å². The van der Waals surface area contributed by atoms with Gasteiger partial charge in [-0.1, -0.05) is 6.92 Å². The van der Waals surface area contributed by atoms with Gasteiger partial charge in [0.25, 0.3) is 0 Å². The fraction of sp³-hybridized carbons (Fsp3) is 0.769. The zero-order valence-corrected chi connectivity index (χ0v) is 10.8. The van der Waals surface area contributed by atoms with E-state index in [0.29, 0.717) is 18.1 Å². The van der Waals surface area contributed by atoms with Crippen LogP contribution in [-0.4, -0.2) is 15.8 Å². The second kappa shape index (κ2) is 4.58. The Balaban J connectivity index is 1.90. The van der Waals surface area contributed by atoms with Crippen LogP contribution in [0.5, 0.6) is 0 Å². The Hall–Kier alpha value is -0.830. The summed E-state index contributed by atoms with van der Waals surface area (Å²) in [6, 6.07) is 1.59. The highest BCUT2D eigenvalue weighted by Crippen LogP contribution is 2.28. The summed E-state index contributed by atoms with van der Waals surface area (Å²) in [5, 5.41) is 8.04. The van der Waals surface area contributed by atoms with Crippen molar-refractivity contribution in [2.75, 3.05) is 0 Å². The number of nitrogens with zero attached hydrogens (tertiary/aromatic N) is 2. The van der Waals surface area contributed by atoms with Gasteiger partial charge in [-0.25, -0.2) is 0 Å². The Kier molecular flexibility index (Phi) is 3.33. The van der Waals surface area contributed by atoms with Crippen molar-refractivity contribution in [2.45, 2.75) is 58.7 Å². The number of nitrogens with one attached hydrogen (secondary N) is 1. The van der Waals surface area contributed by atoms with Gasteiger partial charge in [0.2, 0.25) is 0 Å². The van der Waals surface area contributed by atoms with E-state index in [2.05, 4.69) is 44.3 Å². The highest BCUT2D eigenvalue weighted by molar-refractivity contribution is 5.10. The quantitative estimate of drug-likeness (QED) is 0.847. The highest BCUT2D eigenvalue weighted by atomic mass is 15.3. The summed E-state index contributed by atoms with van der Waals surface area (Å²) in [7, 11) is 0. The lowest BCUT2D eigenvalue weighted by molar-refractivity contribution is 0.226. The van der Waals surface area contributed by atoms with Crippen molar-refractivity contribution in [1.29, 1.82) is 0 Å². The maximum Gasteiger partial charge on any atom is 0.0537 e. The summed E-state index contributed by atoms with van der Waals surface area (Å²) in [6.45, 7) is 8.86. The molecule has 0 bridgehead atoms. The van der Waals surface area contributed by atoms with Crippen LogP contribution in [0.25, 0.3) is 0 Å². The molecule has 1 aliphatic rings. The first-order valence-corrected chi connectivity index (χ1v) is 6.36. The standard InChI is InChI=1S/C13H23N3/c1-9(2)16-8-12(7-14-16)11(4)15-13-5-10(3)6-13/h7-11,13,15H,5-6H2,1-4H3. The molecular weight excluding hydrogens is 198 g/mol. The minimum atomic E-state index is 0.421. The summed E-state index contributed by atoms with van der Waals surface area (Å²) in [6.07, 6.45) is 6.79. The van der Waals surface area contributed by atoms with E-state index in [1.807, 2.05) is 10.9 Å². The maximum atomic E-state index is 4.38. The first-order valence-electron chi connectivity index (χ1n) is 6.36. The van der Waals surface area contributed by atoms with E-state index in [1.165, 1.54) is 18.4 Å². The molecule has 0 amide bonds. The number of rotatable bonds is 4. The minimum absolute atomic E-state index is 0.421. The molecule has 1 fully saturated rings. The maximum absolute atomic E-state index is 4.38. The van der Waals surface area contributed by atoms with Gasteiger partial charge in [-0.2, -0.15) is 5.10 Å². The molecule has 0 radical (unpaired) electrons. The third-order valence-electron chi connectivity index (χ3n) is 3.51. The van der Waals surface area contributed by atoms with Crippen LogP contribution in [0.15, 0.2) is 12.4 Å². The van der Waals surface area contributed by atoms with E-state index >= 15 is 0 Å². The monoisotopic (exact) mass is 221 g/mol. The van der Waals surface area contributed by atoms with Crippen molar-refractivity contribution in [3.63, 3.8) is 0 Å². The molecule has 3 nitrogen and oxygen atoms in total. The molecule has 0 spiro atoms. The molecule has 1 saturated carbocycles. The van der Waals surface area contributed by atoms with Gasteiger partial charge >= 0.3 is 0 Å². The molecule has 3 heteroatoms.